The molecule has 3 N–H and O–H groups in total. The summed E-state index contributed by atoms with van der Waals surface area (Å²) in [5, 5.41) is 15.0. The predicted molar refractivity (Wildman–Crippen MR) is 98.7 cm³/mol. The first kappa shape index (κ1) is 18.0. The number of rotatable bonds is 1. The predicted octanol–water partition coefficient (Wildman–Crippen LogP) is 2.67. The van der Waals surface area contributed by atoms with Crippen molar-refractivity contribution in [1.82, 2.24) is 10.3 Å². The van der Waals surface area contributed by atoms with Gasteiger partial charge in [0.15, 0.2) is 0 Å². The number of carbonyl (C=O) groups excluding carboxylic acids is 1. The van der Waals surface area contributed by atoms with E-state index in [1.54, 1.807) is 0 Å². The molecule has 0 unspecified atom stereocenters. The summed E-state index contributed by atoms with van der Waals surface area (Å²) in [7, 11) is 1.44. The van der Waals surface area contributed by atoms with Crippen LogP contribution in [0.3, 0.4) is 0 Å². The molecule has 25 heavy (non-hydrogen) atoms. The van der Waals surface area contributed by atoms with Crippen molar-refractivity contribution in [2.24, 2.45) is 0 Å². The van der Waals surface area contributed by atoms with Gasteiger partial charge in [-0.15, -0.1) is 0 Å². The highest BCUT2D eigenvalue weighted by molar-refractivity contribution is 5.90. The lowest BCUT2D eigenvalue weighted by Gasteiger charge is -2.28. The van der Waals surface area contributed by atoms with Crippen molar-refractivity contribution < 1.29 is 14.6 Å². The van der Waals surface area contributed by atoms with Gasteiger partial charge in [0.2, 0.25) is 0 Å². The zero-order chi connectivity index (χ0) is 18.1. The number of hydrogen-bond acceptors (Lipinski definition) is 4. The van der Waals surface area contributed by atoms with Crippen LogP contribution in [0.1, 0.15) is 44.4 Å². The Bertz CT molecular complexity index is 765. The molecular formula is C20H28N2O3. The highest BCUT2D eigenvalue weighted by Crippen LogP contribution is 2.37. The van der Waals surface area contributed by atoms with E-state index >= 15 is 0 Å². The highest BCUT2D eigenvalue weighted by atomic mass is 16.5. The molecule has 0 amide bonds. The third kappa shape index (κ3) is 3.44. The summed E-state index contributed by atoms with van der Waals surface area (Å²) in [5.74, 6) is -0.229. The van der Waals surface area contributed by atoms with Crippen LogP contribution >= 0.6 is 0 Å². The largest absolute Gasteiger partial charge is 0.468 e. The van der Waals surface area contributed by atoms with Gasteiger partial charge in [-0.05, 0) is 57.7 Å². The molecule has 2 heterocycles. The molecule has 1 aromatic heterocycles. The van der Waals surface area contributed by atoms with Crippen molar-refractivity contribution in [2.45, 2.75) is 50.5 Å². The van der Waals surface area contributed by atoms with Crippen LogP contribution in [-0.2, 0) is 21.4 Å². The number of ether oxygens (including phenoxy) is 1. The zero-order valence-electron chi connectivity index (χ0n) is 15.3. The van der Waals surface area contributed by atoms with Crippen molar-refractivity contribution in [1.29, 1.82) is 0 Å². The van der Waals surface area contributed by atoms with E-state index in [1.165, 1.54) is 7.11 Å². The average Bonchev–Trinajstić information content (AvgIpc) is 2.95. The molecule has 0 bridgehead atoms. The molecule has 5 heteroatoms. The van der Waals surface area contributed by atoms with Crippen molar-refractivity contribution in [2.75, 3.05) is 20.2 Å². The molecule has 1 aliphatic rings. The van der Waals surface area contributed by atoms with Gasteiger partial charge in [-0.25, -0.2) is 0 Å². The van der Waals surface area contributed by atoms with E-state index in [0.717, 1.165) is 41.5 Å². The number of aromatic amines is 1. The summed E-state index contributed by atoms with van der Waals surface area (Å²) < 4.78 is 5.16. The van der Waals surface area contributed by atoms with Gasteiger partial charge in [0, 0.05) is 23.1 Å². The molecule has 0 aliphatic carbocycles. The minimum absolute atomic E-state index is 0.229. The second-order valence-electron chi connectivity index (χ2n) is 7.63. The number of carbonyl (C=O) groups is 1. The number of fused-ring (bicyclic) bond motifs is 3. The molecule has 1 aromatic carbocycles. The maximum atomic E-state index is 12.7. The summed E-state index contributed by atoms with van der Waals surface area (Å²) in [6.07, 6.45) is 2.81. The van der Waals surface area contributed by atoms with Crippen LogP contribution in [0, 0.1) is 0 Å². The Morgan fingerprint density at radius 2 is 2.00 bits per heavy atom. The molecule has 0 saturated heterocycles. The second kappa shape index (κ2) is 6.81. The first-order valence-electron chi connectivity index (χ1n) is 8.99. The average molecular weight is 344 g/mol. The number of H-pyrrole nitrogens is 1. The third-order valence-corrected chi connectivity index (χ3v) is 5.45. The van der Waals surface area contributed by atoms with Crippen molar-refractivity contribution in [3.63, 3.8) is 0 Å². The first-order valence-corrected chi connectivity index (χ1v) is 8.99. The molecule has 0 spiro atoms. The number of aliphatic hydroxyl groups is 1. The van der Waals surface area contributed by atoms with Crippen molar-refractivity contribution >= 4 is 16.9 Å². The Kier molecular flexibility index (Phi) is 4.89. The maximum absolute atomic E-state index is 12.7. The molecule has 136 valence electrons. The van der Waals surface area contributed by atoms with E-state index in [9.17, 15) is 9.90 Å². The van der Waals surface area contributed by atoms with E-state index < -0.39 is 11.0 Å². The summed E-state index contributed by atoms with van der Waals surface area (Å²) in [6.45, 7) is 5.11. The molecular weight excluding hydrogens is 316 g/mol. The van der Waals surface area contributed by atoms with Crippen LogP contribution in [0.25, 0.3) is 10.9 Å². The first-order chi connectivity index (χ1) is 11.9. The van der Waals surface area contributed by atoms with E-state index in [4.69, 9.17) is 4.74 Å². The van der Waals surface area contributed by atoms with Crippen molar-refractivity contribution in [3.05, 3.63) is 35.5 Å². The normalized spacial score (nSPS) is 28.2. The molecule has 2 aromatic rings. The number of aromatic nitrogens is 1. The van der Waals surface area contributed by atoms with Crippen molar-refractivity contribution in [3.8, 4) is 0 Å². The summed E-state index contributed by atoms with van der Waals surface area (Å²) in [4.78, 5) is 16.2. The van der Waals surface area contributed by atoms with Gasteiger partial charge in [0.25, 0.3) is 0 Å². The van der Waals surface area contributed by atoms with E-state index in [2.05, 4.69) is 16.4 Å². The van der Waals surface area contributed by atoms with E-state index in [1.807, 2.05) is 32.0 Å². The molecule has 0 radical (unpaired) electrons. The quantitative estimate of drug-likeness (QED) is 0.695. The standard InChI is InChI=1S/C20H28N2O3/c1-19(24)10-6-11-20(2,18(23)25-3)17-15(9-12-21-13-19)14-7-4-5-8-16(14)22-17/h4-5,7-8,21-22,24H,6,9-13H2,1-3H3/t19-,20+/m0/s1. The third-order valence-electron chi connectivity index (χ3n) is 5.45. The number of nitrogens with one attached hydrogen (secondary N) is 2. The minimum Gasteiger partial charge on any atom is -0.468 e. The fourth-order valence-corrected chi connectivity index (χ4v) is 3.97. The summed E-state index contributed by atoms with van der Waals surface area (Å²) in [5.41, 5.74) is 1.65. The van der Waals surface area contributed by atoms with Crippen LogP contribution < -0.4 is 5.32 Å². The zero-order valence-corrected chi connectivity index (χ0v) is 15.3. The fraction of sp³-hybridized carbons (Fsp3) is 0.550. The van der Waals surface area contributed by atoms with Gasteiger partial charge in [-0.1, -0.05) is 18.2 Å². The van der Waals surface area contributed by atoms with Gasteiger partial charge < -0.3 is 20.1 Å². The lowest BCUT2D eigenvalue weighted by molar-refractivity contribution is -0.147. The number of hydrogen-bond donors (Lipinski definition) is 3. The Morgan fingerprint density at radius 3 is 2.76 bits per heavy atom. The maximum Gasteiger partial charge on any atom is 0.317 e. The van der Waals surface area contributed by atoms with Crippen LogP contribution in [0.4, 0.5) is 0 Å². The molecule has 0 saturated carbocycles. The van der Waals surface area contributed by atoms with Crippen LogP contribution in [0.2, 0.25) is 0 Å². The minimum atomic E-state index is -0.767. The van der Waals surface area contributed by atoms with Gasteiger partial charge in [0.1, 0.15) is 5.41 Å². The second-order valence-corrected chi connectivity index (χ2v) is 7.63. The number of para-hydroxylation sites is 1. The lowest BCUT2D eigenvalue weighted by atomic mass is 9.78. The van der Waals surface area contributed by atoms with E-state index in [0.29, 0.717) is 19.4 Å². The van der Waals surface area contributed by atoms with Crippen LogP contribution in [0.15, 0.2) is 24.3 Å². The van der Waals surface area contributed by atoms with Gasteiger partial charge >= 0.3 is 5.97 Å². The Balaban J connectivity index is 2.11. The number of β-amino-alcohol motifs (C(OH)–C–C–N with tert-alkyl or cyclic N) is 1. The molecule has 3 rings (SSSR count). The highest BCUT2D eigenvalue weighted by Gasteiger charge is 2.40. The Morgan fingerprint density at radius 1 is 1.24 bits per heavy atom. The molecule has 1 aliphatic heterocycles. The summed E-state index contributed by atoms with van der Waals surface area (Å²) in [6, 6.07) is 8.16. The van der Waals surface area contributed by atoms with Crippen LogP contribution in [-0.4, -0.2) is 41.9 Å². The van der Waals surface area contributed by atoms with E-state index in [-0.39, 0.29) is 5.97 Å². The smallest absolute Gasteiger partial charge is 0.317 e. The summed E-state index contributed by atoms with van der Waals surface area (Å²) >= 11 is 0. The Labute approximate surface area is 148 Å². The topological polar surface area (TPSA) is 74.3 Å². The number of esters is 1. The van der Waals surface area contributed by atoms with Gasteiger partial charge in [-0.3, -0.25) is 4.79 Å². The number of benzene rings is 1. The van der Waals surface area contributed by atoms with Crippen LogP contribution in [0.5, 0.6) is 0 Å². The van der Waals surface area contributed by atoms with Gasteiger partial charge in [-0.2, -0.15) is 0 Å². The molecule has 0 fully saturated rings. The molecule has 5 nitrogen and oxygen atoms in total. The molecule has 2 atom stereocenters. The fourth-order valence-electron chi connectivity index (χ4n) is 3.97. The SMILES string of the molecule is COC(=O)[C@]1(C)CCC[C@](C)(O)CNCCc2c1[nH]c1ccccc21. The monoisotopic (exact) mass is 344 g/mol. The number of methoxy groups -OCH3 is 1. The lowest BCUT2D eigenvalue weighted by Crippen LogP contribution is -2.38. The Hall–Kier alpha value is -1.85. The van der Waals surface area contributed by atoms with Gasteiger partial charge in [0.05, 0.1) is 12.7 Å².